The first-order chi connectivity index (χ1) is 9.66. The second-order valence-electron chi connectivity index (χ2n) is 5.99. The highest BCUT2D eigenvalue weighted by atomic mass is 35.5. The average Bonchev–Trinajstić information content (AvgIpc) is 2.46. The van der Waals surface area contributed by atoms with Gasteiger partial charge in [0.05, 0.1) is 10.6 Å². The second kappa shape index (κ2) is 6.89. The zero-order valence-corrected chi connectivity index (χ0v) is 13.6. The minimum atomic E-state index is 0. The number of nitrogen functional groups attached to an aromatic ring is 1. The number of carbonyl (C=O) groups is 1. The van der Waals surface area contributed by atoms with Crippen molar-refractivity contribution in [2.45, 2.75) is 44.6 Å². The van der Waals surface area contributed by atoms with E-state index in [2.05, 4.69) is 4.90 Å². The van der Waals surface area contributed by atoms with Gasteiger partial charge >= 0.3 is 0 Å². The zero-order chi connectivity index (χ0) is 14.1. The second-order valence-corrected chi connectivity index (χ2v) is 6.40. The van der Waals surface area contributed by atoms with Crippen LogP contribution in [0.4, 0.5) is 5.69 Å². The summed E-state index contributed by atoms with van der Waals surface area (Å²) in [5.74, 6) is 0.764. The van der Waals surface area contributed by atoms with E-state index in [1.807, 2.05) is 0 Å². The molecule has 21 heavy (non-hydrogen) atoms. The standard InChI is InChI=1S/C16H21ClN2O.ClH/c17-14-10-12(18)7-8-13(14)16(20)19-9-3-5-11-4-1-2-6-15(11)19;/h7-8,10-11,15H,1-6,9,18H2;1H. The topological polar surface area (TPSA) is 46.3 Å². The fraction of sp³-hybridized carbons (Fsp3) is 0.562. The van der Waals surface area contributed by atoms with E-state index in [-0.39, 0.29) is 18.3 Å². The molecule has 1 amide bonds. The van der Waals surface area contributed by atoms with E-state index >= 15 is 0 Å². The summed E-state index contributed by atoms with van der Waals surface area (Å²) in [4.78, 5) is 14.8. The number of piperidine rings is 1. The van der Waals surface area contributed by atoms with Crippen LogP contribution in [-0.2, 0) is 0 Å². The van der Waals surface area contributed by atoms with Crippen LogP contribution < -0.4 is 5.73 Å². The molecule has 3 nitrogen and oxygen atoms in total. The van der Waals surface area contributed by atoms with Gasteiger partial charge in [-0.15, -0.1) is 12.4 Å². The van der Waals surface area contributed by atoms with Crippen molar-refractivity contribution >= 4 is 35.6 Å². The summed E-state index contributed by atoms with van der Waals surface area (Å²) in [5, 5.41) is 0.466. The van der Waals surface area contributed by atoms with Crippen LogP contribution in [-0.4, -0.2) is 23.4 Å². The maximum atomic E-state index is 12.8. The molecule has 0 aromatic heterocycles. The zero-order valence-electron chi connectivity index (χ0n) is 12.1. The van der Waals surface area contributed by atoms with Gasteiger partial charge in [0.2, 0.25) is 0 Å². The Morgan fingerprint density at radius 2 is 1.90 bits per heavy atom. The van der Waals surface area contributed by atoms with E-state index in [0.29, 0.717) is 28.2 Å². The molecule has 116 valence electrons. The third-order valence-electron chi connectivity index (χ3n) is 4.73. The molecule has 1 aromatic rings. The maximum Gasteiger partial charge on any atom is 0.255 e. The van der Waals surface area contributed by atoms with Gasteiger partial charge in [-0.25, -0.2) is 0 Å². The third kappa shape index (κ3) is 3.29. The van der Waals surface area contributed by atoms with E-state index in [1.54, 1.807) is 18.2 Å². The van der Waals surface area contributed by atoms with E-state index in [1.165, 1.54) is 25.7 Å². The molecule has 5 heteroatoms. The van der Waals surface area contributed by atoms with E-state index < -0.39 is 0 Å². The number of hydrogen-bond donors (Lipinski definition) is 1. The van der Waals surface area contributed by atoms with E-state index in [9.17, 15) is 4.79 Å². The molecule has 2 fully saturated rings. The van der Waals surface area contributed by atoms with Crippen LogP contribution in [0.5, 0.6) is 0 Å². The molecule has 2 unspecified atom stereocenters. The fourth-order valence-corrected chi connectivity index (χ4v) is 4.01. The van der Waals surface area contributed by atoms with Crippen LogP contribution in [0.1, 0.15) is 48.9 Å². The fourth-order valence-electron chi connectivity index (χ4n) is 3.74. The molecular weight excluding hydrogens is 307 g/mol. The molecule has 0 radical (unpaired) electrons. The van der Waals surface area contributed by atoms with E-state index in [0.717, 1.165) is 19.4 Å². The van der Waals surface area contributed by atoms with Gasteiger partial charge in [-0.2, -0.15) is 0 Å². The predicted octanol–water partition coefficient (Wildman–Crippen LogP) is 4.14. The van der Waals surface area contributed by atoms with Gasteiger partial charge in [-0.05, 0) is 49.8 Å². The van der Waals surface area contributed by atoms with Crippen molar-refractivity contribution in [2.75, 3.05) is 12.3 Å². The maximum absolute atomic E-state index is 12.8. The number of halogens is 2. The number of likely N-dealkylation sites (tertiary alicyclic amines) is 1. The van der Waals surface area contributed by atoms with Gasteiger partial charge in [-0.1, -0.05) is 24.4 Å². The normalized spacial score (nSPS) is 24.9. The Morgan fingerprint density at radius 3 is 2.67 bits per heavy atom. The Hall–Kier alpha value is -0.930. The van der Waals surface area contributed by atoms with Gasteiger partial charge in [0, 0.05) is 18.3 Å². The molecule has 1 saturated heterocycles. The van der Waals surface area contributed by atoms with Crippen LogP contribution >= 0.6 is 24.0 Å². The number of nitrogens with two attached hydrogens (primary N) is 1. The smallest absolute Gasteiger partial charge is 0.255 e. The summed E-state index contributed by atoms with van der Waals surface area (Å²) < 4.78 is 0. The number of rotatable bonds is 1. The van der Waals surface area contributed by atoms with Gasteiger partial charge in [0.1, 0.15) is 0 Å². The van der Waals surface area contributed by atoms with Crippen molar-refractivity contribution in [1.29, 1.82) is 0 Å². The van der Waals surface area contributed by atoms with Crippen LogP contribution in [0.25, 0.3) is 0 Å². The summed E-state index contributed by atoms with van der Waals surface area (Å²) in [6.07, 6.45) is 7.34. The molecular formula is C16H22Cl2N2O. The lowest BCUT2D eigenvalue weighted by Gasteiger charge is -2.44. The average molecular weight is 329 g/mol. The molecule has 2 atom stereocenters. The molecule has 1 saturated carbocycles. The molecule has 3 rings (SSSR count). The van der Waals surface area contributed by atoms with E-state index in [4.69, 9.17) is 17.3 Å². The number of fused-ring (bicyclic) bond motifs is 1. The molecule has 0 spiro atoms. The lowest BCUT2D eigenvalue weighted by molar-refractivity contribution is 0.0391. The van der Waals surface area contributed by atoms with Crippen LogP contribution in [0, 0.1) is 5.92 Å². The Kier molecular flexibility index (Phi) is 5.39. The number of benzene rings is 1. The Labute approximate surface area is 137 Å². The number of carbonyl (C=O) groups excluding carboxylic acids is 1. The summed E-state index contributed by atoms with van der Waals surface area (Å²) in [7, 11) is 0. The lowest BCUT2D eigenvalue weighted by atomic mass is 9.78. The summed E-state index contributed by atoms with van der Waals surface area (Å²) in [6, 6.07) is 5.59. The minimum absolute atomic E-state index is 0. The monoisotopic (exact) mass is 328 g/mol. The SMILES string of the molecule is Cl.Nc1ccc(C(=O)N2CCCC3CCCCC32)c(Cl)c1. The Balaban J connectivity index is 0.00000161. The third-order valence-corrected chi connectivity index (χ3v) is 5.04. The Bertz CT molecular complexity index is 519. The summed E-state index contributed by atoms with van der Waals surface area (Å²) >= 11 is 6.19. The number of anilines is 1. The van der Waals surface area contributed by atoms with Crippen molar-refractivity contribution in [3.63, 3.8) is 0 Å². The van der Waals surface area contributed by atoms with Crippen molar-refractivity contribution in [2.24, 2.45) is 5.92 Å². The predicted molar refractivity (Wildman–Crippen MR) is 89.1 cm³/mol. The first-order valence-electron chi connectivity index (χ1n) is 7.53. The van der Waals surface area contributed by atoms with Gasteiger partial charge < -0.3 is 10.6 Å². The lowest BCUT2D eigenvalue weighted by Crippen LogP contribution is -2.49. The summed E-state index contributed by atoms with van der Waals surface area (Å²) in [6.45, 7) is 0.862. The van der Waals surface area contributed by atoms with Crippen molar-refractivity contribution < 1.29 is 4.79 Å². The van der Waals surface area contributed by atoms with Crippen molar-refractivity contribution in [3.8, 4) is 0 Å². The molecule has 2 aliphatic rings. The molecule has 0 bridgehead atoms. The minimum Gasteiger partial charge on any atom is -0.399 e. The highest BCUT2D eigenvalue weighted by Gasteiger charge is 2.36. The van der Waals surface area contributed by atoms with Gasteiger partial charge in [0.15, 0.2) is 0 Å². The largest absolute Gasteiger partial charge is 0.399 e. The van der Waals surface area contributed by atoms with Gasteiger partial charge in [-0.3, -0.25) is 4.79 Å². The molecule has 1 aromatic carbocycles. The number of hydrogen-bond acceptors (Lipinski definition) is 2. The van der Waals surface area contributed by atoms with Gasteiger partial charge in [0.25, 0.3) is 5.91 Å². The van der Waals surface area contributed by atoms with Crippen LogP contribution in [0.2, 0.25) is 5.02 Å². The van der Waals surface area contributed by atoms with Crippen LogP contribution in [0.15, 0.2) is 18.2 Å². The Morgan fingerprint density at radius 1 is 1.19 bits per heavy atom. The van der Waals surface area contributed by atoms with Crippen LogP contribution in [0.3, 0.4) is 0 Å². The quantitative estimate of drug-likeness (QED) is 0.787. The highest BCUT2D eigenvalue weighted by Crippen LogP contribution is 2.36. The summed E-state index contributed by atoms with van der Waals surface area (Å²) in [5.41, 5.74) is 6.89. The number of amides is 1. The molecule has 1 aliphatic heterocycles. The molecule has 2 N–H and O–H groups in total. The molecule has 1 aliphatic carbocycles. The first-order valence-corrected chi connectivity index (χ1v) is 7.90. The molecule has 1 heterocycles. The highest BCUT2D eigenvalue weighted by molar-refractivity contribution is 6.34. The number of nitrogens with zero attached hydrogens (tertiary/aromatic N) is 1. The van der Waals surface area contributed by atoms with Crippen molar-refractivity contribution in [3.05, 3.63) is 28.8 Å². The first kappa shape index (κ1) is 16.4. The van der Waals surface area contributed by atoms with Crippen molar-refractivity contribution in [1.82, 2.24) is 4.90 Å².